The van der Waals surface area contributed by atoms with E-state index in [9.17, 15) is 18.0 Å². The molecular weight excluding hydrogens is 464 g/mol. The second-order valence-corrected chi connectivity index (χ2v) is 10.1. The van der Waals surface area contributed by atoms with Crippen LogP contribution in [0.4, 0.5) is 0 Å². The molecule has 7 nitrogen and oxygen atoms in total. The van der Waals surface area contributed by atoms with Crippen LogP contribution in [-0.2, 0) is 16.6 Å². The van der Waals surface area contributed by atoms with E-state index in [-0.39, 0.29) is 17.2 Å². The molecular formula is C24H23ClN2O5S. The van der Waals surface area contributed by atoms with E-state index in [0.29, 0.717) is 29.4 Å². The fraction of sp³-hybridized carbons (Fsp3) is 0.250. The zero-order valence-electron chi connectivity index (χ0n) is 18.0. The van der Waals surface area contributed by atoms with Crippen LogP contribution in [0.5, 0.6) is 5.75 Å². The number of nitrogens with zero attached hydrogens (tertiary/aromatic N) is 2. The first-order chi connectivity index (χ1) is 15.8. The molecule has 0 saturated carbocycles. The maximum atomic E-state index is 12.8. The highest BCUT2D eigenvalue weighted by Gasteiger charge is 2.27. The molecule has 0 atom stereocenters. The van der Waals surface area contributed by atoms with E-state index < -0.39 is 15.6 Å². The summed E-state index contributed by atoms with van der Waals surface area (Å²) in [7, 11) is -2.12. The minimum atomic E-state index is -3.68. The lowest BCUT2D eigenvalue weighted by Crippen LogP contribution is -2.30. The zero-order chi connectivity index (χ0) is 23.6. The van der Waals surface area contributed by atoms with E-state index in [2.05, 4.69) is 0 Å². The van der Waals surface area contributed by atoms with Gasteiger partial charge in [0.05, 0.1) is 23.6 Å². The highest BCUT2D eigenvalue weighted by Crippen LogP contribution is 2.31. The van der Waals surface area contributed by atoms with Gasteiger partial charge in [-0.05, 0) is 42.7 Å². The summed E-state index contributed by atoms with van der Waals surface area (Å²) in [5, 5.41) is 0.524. The average molecular weight is 487 g/mol. The van der Waals surface area contributed by atoms with Crippen molar-refractivity contribution in [2.45, 2.75) is 24.3 Å². The molecule has 3 aromatic rings. The topological polar surface area (TPSA) is 85.7 Å². The summed E-state index contributed by atoms with van der Waals surface area (Å²) in [5.41, 5.74) is 1.59. The van der Waals surface area contributed by atoms with Crippen molar-refractivity contribution in [3.8, 4) is 16.9 Å². The van der Waals surface area contributed by atoms with Crippen LogP contribution in [0.2, 0.25) is 5.02 Å². The van der Waals surface area contributed by atoms with Crippen molar-refractivity contribution in [3.63, 3.8) is 0 Å². The van der Waals surface area contributed by atoms with E-state index in [4.69, 9.17) is 16.3 Å². The number of ketones is 1. The summed E-state index contributed by atoms with van der Waals surface area (Å²) in [6, 6.07) is 14.7. The highest BCUT2D eigenvalue weighted by atomic mass is 35.5. The van der Waals surface area contributed by atoms with E-state index in [0.717, 1.165) is 28.5 Å². The first-order valence-corrected chi connectivity index (χ1v) is 12.3. The van der Waals surface area contributed by atoms with E-state index in [1.807, 2.05) is 6.07 Å². The molecule has 9 heteroatoms. The van der Waals surface area contributed by atoms with Gasteiger partial charge in [0.1, 0.15) is 5.75 Å². The number of carbonyl (C=O) groups excluding carboxylic acids is 1. The van der Waals surface area contributed by atoms with Gasteiger partial charge in [0, 0.05) is 36.5 Å². The second kappa shape index (κ2) is 9.51. The number of pyridine rings is 1. The van der Waals surface area contributed by atoms with Crippen molar-refractivity contribution in [1.29, 1.82) is 0 Å². The van der Waals surface area contributed by atoms with Crippen LogP contribution < -0.4 is 10.3 Å². The van der Waals surface area contributed by atoms with Crippen molar-refractivity contribution in [2.24, 2.45) is 0 Å². The summed E-state index contributed by atoms with van der Waals surface area (Å²) in [5.74, 6) is 0.343. The van der Waals surface area contributed by atoms with Crippen molar-refractivity contribution < 1.29 is 17.9 Å². The molecule has 1 aliphatic rings. The maximum Gasteiger partial charge on any atom is 0.251 e. The normalized spacial score (nSPS) is 14.4. The first kappa shape index (κ1) is 23.2. The Kier molecular flexibility index (Phi) is 6.69. The average Bonchev–Trinajstić information content (AvgIpc) is 3.36. The largest absolute Gasteiger partial charge is 0.497 e. The molecule has 2 heterocycles. The summed E-state index contributed by atoms with van der Waals surface area (Å²) in [6.07, 6.45) is 2.88. The molecule has 172 valence electrons. The summed E-state index contributed by atoms with van der Waals surface area (Å²) in [4.78, 5) is 25.1. The van der Waals surface area contributed by atoms with Crippen LogP contribution in [0.1, 0.15) is 23.2 Å². The number of hydrogen-bond acceptors (Lipinski definition) is 5. The minimum Gasteiger partial charge on any atom is -0.497 e. The number of ether oxygens (including phenoxy) is 1. The SMILES string of the molecule is COc1ccc(-c2ccc(C(=O)Cn3cc(S(=O)(=O)N4CCCC4)ccc3=O)cc2)c(Cl)c1. The Morgan fingerprint density at radius 3 is 2.36 bits per heavy atom. The number of methoxy groups -OCH3 is 1. The van der Waals surface area contributed by atoms with Gasteiger partial charge in [-0.25, -0.2) is 8.42 Å². The number of hydrogen-bond donors (Lipinski definition) is 0. The zero-order valence-corrected chi connectivity index (χ0v) is 19.6. The van der Waals surface area contributed by atoms with Gasteiger partial charge in [0.15, 0.2) is 5.78 Å². The quantitative estimate of drug-likeness (QED) is 0.473. The highest BCUT2D eigenvalue weighted by molar-refractivity contribution is 7.89. The van der Waals surface area contributed by atoms with Gasteiger partial charge >= 0.3 is 0 Å². The molecule has 33 heavy (non-hydrogen) atoms. The third-order valence-electron chi connectivity index (χ3n) is 5.67. The molecule has 0 unspecified atom stereocenters. The third-order valence-corrected chi connectivity index (χ3v) is 7.86. The van der Waals surface area contributed by atoms with Gasteiger partial charge in [-0.1, -0.05) is 35.9 Å². The fourth-order valence-electron chi connectivity index (χ4n) is 3.80. The van der Waals surface area contributed by atoms with Gasteiger partial charge < -0.3 is 9.30 Å². The smallest absolute Gasteiger partial charge is 0.251 e. The van der Waals surface area contributed by atoms with Crippen molar-refractivity contribution in [1.82, 2.24) is 8.87 Å². The Balaban J connectivity index is 1.54. The van der Waals surface area contributed by atoms with Gasteiger partial charge in [0.2, 0.25) is 10.0 Å². The Bertz CT molecular complexity index is 1340. The predicted octanol–water partition coefficient (Wildman–Crippen LogP) is 3.84. The molecule has 0 aliphatic carbocycles. The van der Waals surface area contributed by atoms with Crippen LogP contribution >= 0.6 is 11.6 Å². The molecule has 0 amide bonds. The van der Waals surface area contributed by atoms with Crippen LogP contribution in [0.3, 0.4) is 0 Å². The minimum absolute atomic E-state index is 0.0151. The van der Waals surface area contributed by atoms with Gasteiger partial charge in [-0.2, -0.15) is 4.31 Å². The van der Waals surface area contributed by atoms with Crippen LogP contribution in [0.15, 0.2) is 70.5 Å². The molecule has 0 radical (unpaired) electrons. The maximum absolute atomic E-state index is 12.8. The van der Waals surface area contributed by atoms with Crippen molar-refractivity contribution in [2.75, 3.05) is 20.2 Å². The summed E-state index contributed by atoms with van der Waals surface area (Å²) < 4.78 is 33.3. The fourth-order valence-corrected chi connectivity index (χ4v) is 5.62. The lowest BCUT2D eigenvalue weighted by atomic mass is 10.0. The molecule has 2 aromatic carbocycles. The molecule has 4 rings (SSSR count). The van der Waals surface area contributed by atoms with Gasteiger partial charge in [-0.15, -0.1) is 0 Å². The number of sulfonamides is 1. The van der Waals surface area contributed by atoms with Gasteiger partial charge in [-0.3, -0.25) is 9.59 Å². The lowest BCUT2D eigenvalue weighted by molar-refractivity contribution is 0.0970. The summed E-state index contributed by atoms with van der Waals surface area (Å²) in [6.45, 7) is 0.667. The summed E-state index contributed by atoms with van der Waals surface area (Å²) >= 11 is 6.33. The molecule has 0 N–H and O–H groups in total. The number of benzene rings is 2. The first-order valence-electron chi connectivity index (χ1n) is 10.5. The van der Waals surface area contributed by atoms with Crippen molar-refractivity contribution in [3.05, 3.63) is 81.7 Å². The molecule has 1 aliphatic heterocycles. The Hall–Kier alpha value is -2.94. The Labute approximate surface area is 197 Å². The molecule has 0 spiro atoms. The number of carbonyl (C=O) groups is 1. The second-order valence-electron chi connectivity index (χ2n) is 7.79. The number of Topliss-reactive ketones (excluding diaryl/α,β-unsaturated/α-hetero) is 1. The van der Waals surface area contributed by atoms with E-state index in [1.54, 1.807) is 43.5 Å². The van der Waals surface area contributed by atoms with E-state index >= 15 is 0 Å². The molecule has 1 aromatic heterocycles. The van der Waals surface area contributed by atoms with Gasteiger partial charge in [0.25, 0.3) is 5.56 Å². The van der Waals surface area contributed by atoms with Crippen LogP contribution in [0.25, 0.3) is 11.1 Å². The number of rotatable bonds is 7. The third kappa shape index (κ3) is 4.88. The standard InChI is InChI=1S/C24H23ClN2O5S/c1-32-19-8-10-21(22(25)14-19)17-4-6-18(7-5-17)23(28)16-26-15-20(9-11-24(26)29)33(30,31)27-12-2-3-13-27/h4-11,14-15H,2-3,12-13,16H2,1H3. The monoisotopic (exact) mass is 486 g/mol. The molecule has 0 bridgehead atoms. The lowest BCUT2D eigenvalue weighted by Gasteiger charge is -2.16. The van der Waals surface area contributed by atoms with Crippen LogP contribution in [0, 0.1) is 0 Å². The number of halogens is 1. The predicted molar refractivity (Wildman–Crippen MR) is 126 cm³/mol. The molecule has 1 fully saturated rings. The van der Waals surface area contributed by atoms with Crippen LogP contribution in [-0.4, -0.2) is 43.3 Å². The van der Waals surface area contributed by atoms with Crippen molar-refractivity contribution >= 4 is 27.4 Å². The Morgan fingerprint density at radius 2 is 1.73 bits per heavy atom. The van der Waals surface area contributed by atoms with E-state index in [1.165, 1.54) is 22.6 Å². The molecule has 1 saturated heterocycles. The Morgan fingerprint density at radius 1 is 1.03 bits per heavy atom. The number of aromatic nitrogens is 1.